The van der Waals surface area contributed by atoms with Crippen molar-refractivity contribution >= 4 is 39.0 Å². The van der Waals surface area contributed by atoms with Crippen molar-refractivity contribution in [2.45, 2.75) is 24.7 Å². The lowest BCUT2D eigenvalue weighted by Crippen LogP contribution is -2.32. The van der Waals surface area contributed by atoms with Gasteiger partial charge < -0.3 is 15.5 Å². The van der Waals surface area contributed by atoms with Crippen molar-refractivity contribution < 1.29 is 18.0 Å². The summed E-state index contributed by atoms with van der Waals surface area (Å²) >= 11 is 0. The highest BCUT2D eigenvalue weighted by Gasteiger charge is 2.20. The summed E-state index contributed by atoms with van der Waals surface area (Å²) in [6.45, 7) is 3.33. The highest BCUT2D eigenvalue weighted by Crippen LogP contribution is 2.24. The Balaban J connectivity index is 1.50. The molecular weight excluding hydrogens is 452 g/mol. The van der Waals surface area contributed by atoms with E-state index in [9.17, 15) is 18.0 Å². The number of carbonyl (C=O) groups is 2. The van der Waals surface area contributed by atoms with Crippen LogP contribution in [-0.2, 0) is 10.0 Å². The number of sulfonamides is 1. The van der Waals surface area contributed by atoms with Gasteiger partial charge in [-0.3, -0.25) is 9.52 Å². The van der Waals surface area contributed by atoms with E-state index in [1.807, 2.05) is 19.1 Å². The number of anilines is 3. The Labute approximate surface area is 199 Å². The van der Waals surface area contributed by atoms with Gasteiger partial charge in [0.25, 0.3) is 15.9 Å². The van der Waals surface area contributed by atoms with Crippen molar-refractivity contribution in [2.75, 3.05) is 28.4 Å². The molecule has 3 amide bonds. The number of rotatable bonds is 6. The molecule has 8 nitrogen and oxygen atoms in total. The SMILES string of the molecule is Cc1ccc(NS(=O)(=O)c2cccc(C(=O)Nc3ccccc3NC(=O)N3CCCC3)c2)cc1. The largest absolute Gasteiger partial charge is 0.325 e. The number of hydrogen-bond donors (Lipinski definition) is 3. The molecule has 0 saturated carbocycles. The summed E-state index contributed by atoms with van der Waals surface area (Å²) in [5.41, 5.74) is 2.51. The third-order valence-electron chi connectivity index (χ3n) is 5.52. The number of benzene rings is 3. The van der Waals surface area contributed by atoms with Gasteiger partial charge in [-0.2, -0.15) is 0 Å². The normalized spacial score (nSPS) is 13.4. The van der Waals surface area contributed by atoms with Gasteiger partial charge in [0.1, 0.15) is 0 Å². The van der Waals surface area contributed by atoms with Gasteiger partial charge in [0.05, 0.1) is 16.3 Å². The molecule has 3 aromatic rings. The first-order valence-electron chi connectivity index (χ1n) is 11.0. The Morgan fingerprint density at radius 3 is 2.15 bits per heavy atom. The molecule has 1 heterocycles. The van der Waals surface area contributed by atoms with Crippen molar-refractivity contribution in [1.82, 2.24) is 4.90 Å². The van der Waals surface area contributed by atoms with Crippen LogP contribution in [0.15, 0.2) is 77.7 Å². The van der Waals surface area contributed by atoms with Crippen LogP contribution in [0.1, 0.15) is 28.8 Å². The first kappa shape index (κ1) is 23.3. The van der Waals surface area contributed by atoms with E-state index >= 15 is 0 Å². The van der Waals surface area contributed by atoms with Gasteiger partial charge in [-0.15, -0.1) is 0 Å². The molecule has 1 fully saturated rings. The van der Waals surface area contributed by atoms with Gasteiger partial charge in [0.2, 0.25) is 0 Å². The van der Waals surface area contributed by atoms with E-state index in [0.717, 1.165) is 18.4 Å². The highest BCUT2D eigenvalue weighted by atomic mass is 32.2. The fraction of sp³-hybridized carbons (Fsp3) is 0.200. The molecule has 176 valence electrons. The molecule has 3 N–H and O–H groups in total. The predicted octanol–water partition coefficient (Wildman–Crippen LogP) is 4.68. The smallest absolute Gasteiger partial charge is 0.321 e. The van der Waals surface area contributed by atoms with E-state index in [1.165, 1.54) is 24.3 Å². The second-order valence-electron chi connectivity index (χ2n) is 8.12. The molecule has 0 atom stereocenters. The molecule has 0 aromatic heterocycles. The Bertz CT molecular complexity index is 1300. The Morgan fingerprint density at radius 2 is 1.47 bits per heavy atom. The molecule has 3 aromatic carbocycles. The van der Waals surface area contributed by atoms with Crippen molar-refractivity contribution in [3.05, 3.63) is 83.9 Å². The van der Waals surface area contributed by atoms with Crippen LogP contribution in [0.3, 0.4) is 0 Å². The summed E-state index contributed by atoms with van der Waals surface area (Å²) < 4.78 is 28.2. The molecule has 0 bridgehead atoms. The van der Waals surface area contributed by atoms with Gasteiger partial charge in [-0.1, -0.05) is 35.9 Å². The average Bonchev–Trinajstić information content (AvgIpc) is 3.37. The summed E-state index contributed by atoms with van der Waals surface area (Å²) in [4.78, 5) is 27.1. The van der Waals surface area contributed by atoms with Gasteiger partial charge in [0, 0.05) is 24.3 Å². The van der Waals surface area contributed by atoms with E-state index in [-0.39, 0.29) is 16.5 Å². The van der Waals surface area contributed by atoms with Crippen LogP contribution in [0.2, 0.25) is 0 Å². The molecule has 9 heteroatoms. The third-order valence-corrected chi connectivity index (χ3v) is 6.90. The molecule has 34 heavy (non-hydrogen) atoms. The number of nitrogens with zero attached hydrogens (tertiary/aromatic N) is 1. The van der Waals surface area contributed by atoms with Crippen molar-refractivity contribution in [1.29, 1.82) is 0 Å². The second kappa shape index (κ2) is 9.96. The van der Waals surface area contributed by atoms with Crippen LogP contribution in [0, 0.1) is 6.92 Å². The second-order valence-corrected chi connectivity index (χ2v) is 9.81. The zero-order chi connectivity index (χ0) is 24.1. The first-order valence-corrected chi connectivity index (χ1v) is 12.5. The molecule has 0 unspecified atom stereocenters. The van der Waals surface area contributed by atoms with Crippen LogP contribution in [0.25, 0.3) is 0 Å². The number of carbonyl (C=O) groups excluding carboxylic acids is 2. The van der Waals surface area contributed by atoms with Gasteiger partial charge in [-0.25, -0.2) is 13.2 Å². The standard InChI is InChI=1S/C25H26N4O4S/c1-18-11-13-20(14-12-18)28-34(32,33)21-8-6-7-19(17-21)24(30)26-22-9-2-3-10-23(22)27-25(31)29-15-4-5-16-29/h2-3,6-14,17,28H,4-5,15-16H2,1H3,(H,26,30)(H,27,31). The number of amides is 3. The Hall–Kier alpha value is -3.85. The lowest BCUT2D eigenvalue weighted by molar-refractivity contribution is 0.102. The van der Waals surface area contributed by atoms with E-state index in [1.54, 1.807) is 41.3 Å². The molecule has 0 aliphatic carbocycles. The van der Waals surface area contributed by atoms with Crippen LogP contribution in [0.5, 0.6) is 0 Å². The fourth-order valence-corrected chi connectivity index (χ4v) is 4.75. The number of likely N-dealkylation sites (tertiary alicyclic amines) is 1. The summed E-state index contributed by atoms with van der Waals surface area (Å²) in [6.07, 6.45) is 1.95. The first-order chi connectivity index (χ1) is 16.3. The number of hydrogen-bond acceptors (Lipinski definition) is 4. The summed E-state index contributed by atoms with van der Waals surface area (Å²) in [7, 11) is -3.88. The summed E-state index contributed by atoms with van der Waals surface area (Å²) in [6, 6.07) is 19.4. The summed E-state index contributed by atoms with van der Waals surface area (Å²) in [5.74, 6) is -0.491. The molecule has 4 rings (SSSR count). The van der Waals surface area contributed by atoms with E-state index < -0.39 is 15.9 Å². The zero-order valence-electron chi connectivity index (χ0n) is 18.7. The zero-order valence-corrected chi connectivity index (χ0v) is 19.6. The van der Waals surface area contributed by atoms with E-state index in [4.69, 9.17) is 0 Å². The highest BCUT2D eigenvalue weighted by molar-refractivity contribution is 7.92. The van der Waals surface area contributed by atoms with E-state index in [2.05, 4.69) is 15.4 Å². The Kier molecular flexibility index (Phi) is 6.83. The van der Waals surface area contributed by atoms with Crippen molar-refractivity contribution in [2.24, 2.45) is 0 Å². The van der Waals surface area contributed by atoms with Crippen LogP contribution in [0.4, 0.5) is 21.9 Å². The maximum atomic E-state index is 12.9. The van der Waals surface area contributed by atoms with Crippen LogP contribution < -0.4 is 15.4 Å². The molecule has 0 radical (unpaired) electrons. The van der Waals surface area contributed by atoms with E-state index in [0.29, 0.717) is 30.2 Å². The molecule has 0 spiro atoms. The quantitative estimate of drug-likeness (QED) is 0.478. The molecular formula is C25H26N4O4S. The minimum atomic E-state index is -3.88. The van der Waals surface area contributed by atoms with Gasteiger partial charge in [-0.05, 0) is 62.2 Å². The van der Waals surface area contributed by atoms with Crippen LogP contribution >= 0.6 is 0 Å². The monoisotopic (exact) mass is 478 g/mol. The van der Waals surface area contributed by atoms with Gasteiger partial charge >= 0.3 is 6.03 Å². The topological polar surface area (TPSA) is 108 Å². The maximum absolute atomic E-state index is 12.9. The summed E-state index contributed by atoms with van der Waals surface area (Å²) in [5, 5.41) is 5.61. The fourth-order valence-electron chi connectivity index (χ4n) is 3.65. The average molecular weight is 479 g/mol. The molecule has 1 saturated heterocycles. The number of nitrogens with one attached hydrogen (secondary N) is 3. The molecule has 1 aliphatic rings. The maximum Gasteiger partial charge on any atom is 0.321 e. The Morgan fingerprint density at radius 1 is 0.824 bits per heavy atom. The predicted molar refractivity (Wildman–Crippen MR) is 133 cm³/mol. The van der Waals surface area contributed by atoms with Gasteiger partial charge in [0.15, 0.2) is 0 Å². The molecule has 1 aliphatic heterocycles. The van der Waals surface area contributed by atoms with Crippen molar-refractivity contribution in [3.63, 3.8) is 0 Å². The van der Waals surface area contributed by atoms with Crippen molar-refractivity contribution in [3.8, 4) is 0 Å². The minimum Gasteiger partial charge on any atom is -0.325 e. The lowest BCUT2D eigenvalue weighted by atomic mass is 10.2. The number of para-hydroxylation sites is 2. The number of urea groups is 1. The lowest BCUT2D eigenvalue weighted by Gasteiger charge is -2.18. The minimum absolute atomic E-state index is 0.0312. The number of aryl methyl sites for hydroxylation is 1. The third kappa shape index (κ3) is 5.55. The van der Waals surface area contributed by atoms with Crippen LogP contribution in [-0.4, -0.2) is 38.3 Å².